The lowest BCUT2D eigenvalue weighted by molar-refractivity contribution is 0.483. The summed E-state index contributed by atoms with van der Waals surface area (Å²) in [5.41, 5.74) is 6.99. The number of para-hydroxylation sites is 1. The van der Waals surface area contributed by atoms with Crippen LogP contribution in [0.15, 0.2) is 77.7 Å². The van der Waals surface area contributed by atoms with Gasteiger partial charge in [-0.25, -0.2) is 8.42 Å². The molecule has 0 aliphatic heterocycles. The van der Waals surface area contributed by atoms with Gasteiger partial charge in [0.05, 0.1) is 4.90 Å². The molecule has 0 atom stereocenters. The van der Waals surface area contributed by atoms with Crippen LogP contribution in [0.1, 0.15) is 5.56 Å². The molecule has 4 N–H and O–H groups in total. The van der Waals surface area contributed by atoms with Crippen molar-refractivity contribution in [2.45, 2.75) is 11.8 Å². The first-order valence-electron chi connectivity index (χ1n) is 8.36. The smallest absolute Gasteiger partial charge is 0.262 e. The molecule has 0 heterocycles. The molecule has 3 aromatic rings. The lowest BCUT2D eigenvalue weighted by Crippen LogP contribution is -2.20. The summed E-state index contributed by atoms with van der Waals surface area (Å²) in [6, 6.07) is 20.9. The lowest BCUT2D eigenvalue weighted by Gasteiger charge is -2.13. The van der Waals surface area contributed by atoms with Gasteiger partial charge in [-0.05, 0) is 73.2 Å². The number of ether oxygens (including phenoxy) is 1. The zero-order valence-electron chi connectivity index (χ0n) is 15.0. The molecule has 0 fully saturated rings. The number of aryl methyl sites for hydroxylation is 1. The van der Waals surface area contributed by atoms with Gasteiger partial charge in [-0.2, -0.15) is 0 Å². The number of nitrogens with one attached hydrogen (secondary N) is 2. The van der Waals surface area contributed by atoms with Crippen molar-refractivity contribution in [3.8, 4) is 11.5 Å². The standard InChI is InChI=1S/C20H19N3O3S2/c1-14-7-8-16(22-20(21)27)13-19(14)28(24,25)23-15-9-11-18(12-10-15)26-17-5-3-2-4-6-17/h2-13,23H,1H3,(H3,21,22,27). The zero-order valence-corrected chi connectivity index (χ0v) is 16.7. The van der Waals surface area contributed by atoms with E-state index >= 15 is 0 Å². The van der Waals surface area contributed by atoms with Gasteiger partial charge in [0.25, 0.3) is 10.0 Å². The Hall–Kier alpha value is -3.10. The van der Waals surface area contributed by atoms with Gasteiger partial charge in [-0.15, -0.1) is 0 Å². The van der Waals surface area contributed by atoms with E-state index in [-0.39, 0.29) is 10.0 Å². The molecule has 0 aliphatic rings. The lowest BCUT2D eigenvalue weighted by atomic mass is 10.2. The van der Waals surface area contributed by atoms with Crippen LogP contribution in [0, 0.1) is 6.92 Å². The minimum Gasteiger partial charge on any atom is -0.457 e. The van der Waals surface area contributed by atoms with Gasteiger partial charge in [0, 0.05) is 11.4 Å². The van der Waals surface area contributed by atoms with Crippen LogP contribution in [0.25, 0.3) is 0 Å². The van der Waals surface area contributed by atoms with Gasteiger partial charge in [-0.1, -0.05) is 24.3 Å². The van der Waals surface area contributed by atoms with Gasteiger partial charge in [0.2, 0.25) is 0 Å². The molecule has 8 heteroatoms. The maximum atomic E-state index is 12.8. The van der Waals surface area contributed by atoms with Gasteiger partial charge in [-0.3, -0.25) is 4.72 Å². The van der Waals surface area contributed by atoms with Gasteiger partial charge >= 0.3 is 0 Å². The number of sulfonamides is 1. The second kappa shape index (κ2) is 8.28. The van der Waals surface area contributed by atoms with Crippen LogP contribution in [-0.4, -0.2) is 13.5 Å². The molecule has 0 saturated carbocycles. The topological polar surface area (TPSA) is 93.5 Å². The number of anilines is 2. The second-order valence-corrected chi connectivity index (χ2v) is 8.11. The van der Waals surface area contributed by atoms with Crippen molar-refractivity contribution >= 4 is 38.7 Å². The van der Waals surface area contributed by atoms with Crippen molar-refractivity contribution in [3.63, 3.8) is 0 Å². The molecule has 0 aromatic heterocycles. The monoisotopic (exact) mass is 413 g/mol. The van der Waals surface area contributed by atoms with Crippen LogP contribution in [0.3, 0.4) is 0 Å². The third kappa shape index (κ3) is 4.99. The Balaban J connectivity index is 1.78. The average Bonchev–Trinajstić information content (AvgIpc) is 2.65. The molecular formula is C20H19N3O3S2. The van der Waals surface area contributed by atoms with Crippen LogP contribution in [-0.2, 0) is 10.0 Å². The number of hydrogen-bond donors (Lipinski definition) is 3. The fourth-order valence-corrected chi connectivity index (χ4v) is 3.98. The zero-order chi connectivity index (χ0) is 20.1. The summed E-state index contributed by atoms with van der Waals surface area (Å²) in [7, 11) is -3.79. The van der Waals surface area contributed by atoms with Crippen molar-refractivity contribution in [3.05, 3.63) is 78.4 Å². The summed E-state index contributed by atoms with van der Waals surface area (Å²) in [4.78, 5) is 0.137. The molecule has 0 aliphatic carbocycles. The summed E-state index contributed by atoms with van der Waals surface area (Å²) >= 11 is 4.80. The van der Waals surface area contributed by atoms with Crippen LogP contribution < -0.4 is 20.5 Å². The molecule has 0 unspecified atom stereocenters. The van der Waals surface area contributed by atoms with Crippen LogP contribution >= 0.6 is 12.2 Å². The first-order chi connectivity index (χ1) is 13.3. The van der Waals surface area contributed by atoms with E-state index in [2.05, 4.69) is 10.0 Å². The fourth-order valence-electron chi connectivity index (χ4n) is 2.54. The predicted octanol–water partition coefficient (Wildman–Crippen LogP) is 4.24. The SMILES string of the molecule is Cc1ccc(NC(N)=S)cc1S(=O)(=O)Nc1ccc(Oc2ccccc2)cc1. The highest BCUT2D eigenvalue weighted by Gasteiger charge is 2.18. The van der Waals surface area contributed by atoms with Crippen LogP contribution in [0.2, 0.25) is 0 Å². The molecule has 0 saturated heterocycles. The molecule has 28 heavy (non-hydrogen) atoms. The number of benzene rings is 3. The Kier molecular flexibility index (Phi) is 5.81. The Morgan fingerprint density at radius 1 is 0.929 bits per heavy atom. The third-order valence-electron chi connectivity index (χ3n) is 3.83. The van der Waals surface area contributed by atoms with E-state index in [0.717, 1.165) is 0 Å². The van der Waals surface area contributed by atoms with E-state index < -0.39 is 10.0 Å². The summed E-state index contributed by atoms with van der Waals surface area (Å²) in [6.07, 6.45) is 0. The third-order valence-corrected chi connectivity index (χ3v) is 5.46. The Morgan fingerprint density at radius 2 is 1.54 bits per heavy atom. The molecular weight excluding hydrogens is 394 g/mol. The maximum absolute atomic E-state index is 12.8. The van der Waals surface area contributed by atoms with Crippen LogP contribution in [0.5, 0.6) is 11.5 Å². The van der Waals surface area contributed by atoms with Crippen molar-refractivity contribution < 1.29 is 13.2 Å². The molecule has 3 aromatic carbocycles. The highest BCUT2D eigenvalue weighted by atomic mass is 32.2. The Bertz CT molecular complexity index is 1080. The first-order valence-corrected chi connectivity index (χ1v) is 10.3. The molecule has 144 valence electrons. The van der Waals surface area contributed by atoms with E-state index in [9.17, 15) is 8.42 Å². The van der Waals surface area contributed by atoms with E-state index in [1.807, 2.05) is 30.3 Å². The maximum Gasteiger partial charge on any atom is 0.262 e. The minimum atomic E-state index is -3.79. The van der Waals surface area contributed by atoms with Crippen molar-refractivity contribution in [1.82, 2.24) is 0 Å². The number of rotatable bonds is 6. The highest BCUT2D eigenvalue weighted by Crippen LogP contribution is 2.26. The molecule has 0 amide bonds. The van der Waals surface area contributed by atoms with Crippen LogP contribution in [0.4, 0.5) is 11.4 Å². The summed E-state index contributed by atoms with van der Waals surface area (Å²) in [5.74, 6) is 1.31. The van der Waals surface area contributed by atoms with Crippen molar-refractivity contribution in [2.24, 2.45) is 5.73 Å². The quantitative estimate of drug-likeness (QED) is 0.523. The number of nitrogens with two attached hydrogens (primary N) is 1. The molecule has 0 spiro atoms. The Morgan fingerprint density at radius 3 is 2.18 bits per heavy atom. The summed E-state index contributed by atoms with van der Waals surface area (Å²) in [5, 5.41) is 2.80. The van der Waals surface area contributed by atoms with E-state index in [1.165, 1.54) is 6.07 Å². The predicted molar refractivity (Wildman–Crippen MR) is 115 cm³/mol. The normalized spacial score (nSPS) is 10.9. The first kappa shape index (κ1) is 19.7. The van der Waals surface area contributed by atoms with E-state index in [0.29, 0.717) is 28.4 Å². The van der Waals surface area contributed by atoms with E-state index in [4.69, 9.17) is 22.7 Å². The van der Waals surface area contributed by atoms with Gasteiger partial charge < -0.3 is 15.8 Å². The Labute approximate surface area is 169 Å². The number of hydrogen-bond acceptors (Lipinski definition) is 4. The van der Waals surface area contributed by atoms with E-state index in [1.54, 1.807) is 43.3 Å². The molecule has 6 nitrogen and oxygen atoms in total. The van der Waals surface area contributed by atoms with Gasteiger partial charge in [0.15, 0.2) is 5.11 Å². The number of thiocarbonyl (C=S) groups is 1. The summed E-state index contributed by atoms with van der Waals surface area (Å²) in [6.45, 7) is 1.72. The largest absolute Gasteiger partial charge is 0.457 e. The highest BCUT2D eigenvalue weighted by molar-refractivity contribution is 7.92. The fraction of sp³-hybridized carbons (Fsp3) is 0.0500. The van der Waals surface area contributed by atoms with Crippen molar-refractivity contribution in [1.29, 1.82) is 0 Å². The summed E-state index contributed by atoms with van der Waals surface area (Å²) < 4.78 is 33.9. The van der Waals surface area contributed by atoms with Gasteiger partial charge in [0.1, 0.15) is 11.5 Å². The minimum absolute atomic E-state index is 0.0640. The molecule has 3 rings (SSSR count). The molecule has 0 bridgehead atoms. The van der Waals surface area contributed by atoms with Crippen molar-refractivity contribution in [2.75, 3.05) is 10.0 Å². The average molecular weight is 414 g/mol. The molecule has 0 radical (unpaired) electrons. The second-order valence-electron chi connectivity index (χ2n) is 6.01.